The summed E-state index contributed by atoms with van der Waals surface area (Å²) < 4.78 is 0. The molecule has 1 aromatic heterocycles. The van der Waals surface area contributed by atoms with Crippen LogP contribution in [0.25, 0.3) is 0 Å². The van der Waals surface area contributed by atoms with Crippen molar-refractivity contribution in [1.82, 2.24) is 10.2 Å². The van der Waals surface area contributed by atoms with Crippen LogP contribution in [-0.4, -0.2) is 16.2 Å². The maximum Gasteiger partial charge on any atom is 0.205 e. The minimum Gasteiger partial charge on any atom is -0.357 e. The molecule has 0 saturated heterocycles. The summed E-state index contributed by atoms with van der Waals surface area (Å²) in [4.78, 5) is 0. The van der Waals surface area contributed by atoms with Crippen LogP contribution in [0.5, 0.6) is 0 Å². The lowest BCUT2D eigenvalue weighted by atomic mass is 10.0. The maximum absolute atomic E-state index is 4.04. The molecule has 1 heterocycles. The number of hydrogen-bond donors (Lipinski definition) is 1. The van der Waals surface area contributed by atoms with E-state index < -0.39 is 0 Å². The van der Waals surface area contributed by atoms with Crippen LogP contribution in [0.3, 0.4) is 0 Å². The molecule has 0 amide bonds. The summed E-state index contributed by atoms with van der Waals surface area (Å²) in [7, 11) is 0. The summed E-state index contributed by atoms with van der Waals surface area (Å²) in [6.07, 6.45) is 7.96. The number of nitrogens with zero attached hydrogens (tertiary/aromatic N) is 2. The van der Waals surface area contributed by atoms with E-state index in [4.69, 9.17) is 0 Å². The molecule has 0 spiro atoms. The summed E-state index contributed by atoms with van der Waals surface area (Å²) in [5.41, 5.74) is 0. The van der Waals surface area contributed by atoms with E-state index in [0.29, 0.717) is 6.04 Å². The predicted octanol–water partition coefficient (Wildman–Crippen LogP) is 2.37. The average Bonchev–Trinajstić information content (AvgIpc) is 2.53. The molecule has 4 heteroatoms. The fourth-order valence-electron chi connectivity index (χ4n) is 1.45. The van der Waals surface area contributed by atoms with Crippen molar-refractivity contribution in [1.29, 1.82) is 0 Å². The Morgan fingerprint density at radius 2 is 2.38 bits per heavy atom. The van der Waals surface area contributed by atoms with E-state index in [1.165, 1.54) is 12.8 Å². The first-order valence-electron chi connectivity index (χ1n) is 4.56. The van der Waals surface area contributed by atoms with Crippen LogP contribution in [0.4, 0.5) is 5.13 Å². The average molecular weight is 195 g/mol. The fourth-order valence-corrected chi connectivity index (χ4v) is 2.12. The molecule has 1 atom stereocenters. The largest absolute Gasteiger partial charge is 0.357 e. The molecular weight excluding hydrogens is 182 g/mol. The van der Waals surface area contributed by atoms with Crippen LogP contribution in [0.1, 0.15) is 24.3 Å². The van der Waals surface area contributed by atoms with Crippen LogP contribution in [0.15, 0.2) is 12.2 Å². The van der Waals surface area contributed by atoms with Crippen molar-refractivity contribution in [2.45, 2.75) is 32.2 Å². The Labute approximate surface area is 81.9 Å². The van der Waals surface area contributed by atoms with Crippen molar-refractivity contribution >= 4 is 16.5 Å². The van der Waals surface area contributed by atoms with Crippen molar-refractivity contribution in [2.75, 3.05) is 5.32 Å². The third-order valence-corrected chi connectivity index (χ3v) is 2.89. The lowest BCUT2D eigenvalue weighted by Crippen LogP contribution is -2.19. The zero-order chi connectivity index (χ0) is 9.10. The molecule has 1 unspecified atom stereocenters. The number of hydrogen-bond acceptors (Lipinski definition) is 4. The predicted molar refractivity (Wildman–Crippen MR) is 55.0 cm³/mol. The third kappa shape index (κ3) is 2.28. The van der Waals surface area contributed by atoms with Gasteiger partial charge in [-0.05, 0) is 26.2 Å². The highest BCUT2D eigenvalue weighted by Gasteiger charge is 2.10. The van der Waals surface area contributed by atoms with Gasteiger partial charge in [-0.2, -0.15) is 0 Å². The molecule has 2 rings (SSSR count). The SMILES string of the molecule is Cc1nnc(NC2CC=CCC2)s1. The normalized spacial score (nSPS) is 21.8. The van der Waals surface area contributed by atoms with Crippen molar-refractivity contribution in [3.8, 4) is 0 Å². The lowest BCUT2D eigenvalue weighted by molar-refractivity contribution is 0.643. The Morgan fingerprint density at radius 3 is 3.00 bits per heavy atom. The Balaban J connectivity index is 1.94. The van der Waals surface area contributed by atoms with Gasteiger partial charge < -0.3 is 5.32 Å². The van der Waals surface area contributed by atoms with Gasteiger partial charge in [0, 0.05) is 6.04 Å². The second-order valence-corrected chi connectivity index (χ2v) is 4.43. The van der Waals surface area contributed by atoms with E-state index in [0.717, 1.165) is 16.6 Å². The highest BCUT2D eigenvalue weighted by atomic mass is 32.1. The summed E-state index contributed by atoms with van der Waals surface area (Å²) in [5.74, 6) is 0. The summed E-state index contributed by atoms with van der Waals surface area (Å²) in [6.45, 7) is 1.98. The van der Waals surface area contributed by atoms with Crippen LogP contribution >= 0.6 is 11.3 Å². The highest BCUT2D eigenvalue weighted by molar-refractivity contribution is 7.15. The van der Waals surface area contributed by atoms with Crippen molar-refractivity contribution in [3.63, 3.8) is 0 Å². The number of aromatic nitrogens is 2. The second-order valence-electron chi connectivity index (χ2n) is 3.25. The zero-order valence-electron chi connectivity index (χ0n) is 7.66. The maximum atomic E-state index is 4.04. The number of allylic oxidation sites excluding steroid dienone is 1. The standard InChI is InChI=1S/C9H13N3S/c1-7-11-12-9(13-7)10-8-5-3-2-4-6-8/h2-3,8H,4-6H2,1H3,(H,10,12). The monoisotopic (exact) mass is 195 g/mol. The van der Waals surface area contributed by atoms with Gasteiger partial charge in [-0.25, -0.2) is 0 Å². The molecule has 13 heavy (non-hydrogen) atoms. The van der Waals surface area contributed by atoms with E-state index in [9.17, 15) is 0 Å². The topological polar surface area (TPSA) is 37.8 Å². The number of aryl methyl sites for hydroxylation is 1. The first-order valence-corrected chi connectivity index (χ1v) is 5.38. The van der Waals surface area contributed by atoms with Gasteiger partial charge in [-0.1, -0.05) is 23.5 Å². The molecule has 70 valence electrons. The minimum atomic E-state index is 0.553. The summed E-state index contributed by atoms with van der Waals surface area (Å²) >= 11 is 1.62. The van der Waals surface area contributed by atoms with Gasteiger partial charge >= 0.3 is 0 Å². The first-order chi connectivity index (χ1) is 6.34. The summed E-state index contributed by atoms with van der Waals surface area (Å²) in [5, 5.41) is 13.4. The Morgan fingerprint density at radius 1 is 1.46 bits per heavy atom. The highest BCUT2D eigenvalue weighted by Crippen LogP contribution is 2.19. The first kappa shape index (κ1) is 8.69. The fraction of sp³-hybridized carbons (Fsp3) is 0.556. The molecule has 0 aromatic carbocycles. The molecule has 1 N–H and O–H groups in total. The second kappa shape index (κ2) is 3.87. The van der Waals surface area contributed by atoms with Crippen LogP contribution in [0.2, 0.25) is 0 Å². The quantitative estimate of drug-likeness (QED) is 0.736. The lowest BCUT2D eigenvalue weighted by Gasteiger charge is -2.17. The van der Waals surface area contributed by atoms with Gasteiger partial charge in [0.1, 0.15) is 5.01 Å². The molecule has 3 nitrogen and oxygen atoms in total. The van der Waals surface area contributed by atoms with Gasteiger partial charge in [-0.15, -0.1) is 10.2 Å². The van der Waals surface area contributed by atoms with Crippen LogP contribution in [-0.2, 0) is 0 Å². The number of nitrogens with one attached hydrogen (secondary N) is 1. The van der Waals surface area contributed by atoms with Gasteiger partial charge in [0.25, 0.3) is 0 Å². The van der Waals surface area contributed by atoms with Gasteiger partial charge in [0.05, 0.1) is 0 Å². The smallest absolute Gasteiger partial charge is 0.205 e. The van der Waals surface area contributed by atoms with Crippen molar-refractivity contribution in [2.24, 2.45) is 0 Å². The van der Waals surface area contributed by atoms with Crippen LogP contribution in [0, 0.1) is 6.92 Å². The Hall–Kier alpha value is -0.900. The molecule has 0 bridgehead atoms. The number of rotatable bonds is 2. The van der Waals surface area contributed by atoms with Gasteiger partial charge in [0.15, 0.2) is 0 Å². The Bertz CT molecular complexity index is 306. The van der Waals surface area contributed by atoms with E-state index in [2.05, 4.69) is 27.7 Å². The molecular formula is C9H13N3S. The van der Waals surface area contributed by atoms with E-state index >= 15 is 0 Å². The van der Waals surface area contributed by atoms with Gasteiger partial charge in [-0.3, -0.25) is 0 Å². The summed E-state index contributed by atoms with van der Waals surface area (Å²) in [6, 6.07) is 0.553. The Kier molecular flexibility index (Phi) is 2.59. The molecule has 0 aliphatic heterocycles. The third-order valence-electron chi connectivity index (χ3n) is 2.12. The molecule has 1 aromatic rings. The van der Waals surface area contributed by atoms with E-state index in [1.54, 1.807) is 11.3 Å². The molecule has 0 saturated carbocycles. The molecule has 0 fully saturated rings. The van der Waals surface area contributed by atoms with Crippen LogP contribution < -0.4 is 5.32 Å². The minimum absolute atomic E-state index is 0.553. The number of anilines is 1. The van der Waals surface area contributed by atoms with Crippen molar-refractivity contribution < 1.29 is 0 Å². The molecule has 1 aliphatic rings. The molecule has 0 radical (unpaired) electrons. The van der Waals surface area contributed by atoms with E-state index in [-0.39, 0.29) is 0 Å². The van der Waals surface area contributed by atoms with Crippen molar-refractivity contribution in [3.05, 3.63) is 17.2 Å². The molecule has 1 aliphatic carbocycles. The van der Waals surface area contributed by atoms with E-state index in [1.807, 2.05) is 6.92 Å². The van der Waals surface area contributed by atoms with Gasteiger partial charge in [0.2, 0.25) is 5.13 Å². The zero-order valence-corrected chi connectivity index (χ0v) is 8.47.